The first-order valence-corrected chi connectivity index (χ1v) is 10.9. The van der Waals surface area contributed by atoms with E-state index in [1.807, 2.05) is 19.9 Å². The second kappa shape index (κ2) is 10.1. The zero-order chi connectivity index (χ0) is 22.5. The van der Waals surface area contributed by atoms with Crippen LogP contribution in [0.25, 0.3) is 0 Å². The highest BCUT2D eigenvalue weighted by Crippen LogP contribution is 2.36. The fourth-order valence-electron chi connectivity index (χ4n) is 3.57. The van der Waals surface area contributed by atoms with Crippen LogP contribution in [0, 0.1) is 12.3 Å². The number of aliphatic hydroxyl groups is 1. The molecule has 2 rings (SSSR count). The molecule has 5 heteroatoms. The number of ether oxygens (including phenoxy) is 1. The van der Waals surface area contributed by atoms with Gasteiger partial charge in [0.15, 0.2) is 0 Å². The Bertz CT molecular complexity index is 811. The second-order valence-electron chi connectivity index (χ2n) is 9.56. The van der Waals surface area contributed by atoms with Gasteiger partial charge in [-0.25, -0.2) is 0 Å². The van der Waals surface area contributed by atoms with Crippen molar-refractivity contribution in [1.82, 2.24) is 0 Å². The maximum Gasteiger partial charge on any atom is 0.488 e. The first-order chi connectivity index (χ1) is 14.0. The van der Waals surface area contributed by atoms with E-state index in [4.69, 9.17) is 4.74 Å². The lowest BCUT2D eigenvalue weighted by atomic mass is 9.79. The van der Waals surface area contributed by atoms with E-state index in [0.717, 1.165) is 30.4 Å². The molecule has 0 fully saturated rings. The van der Waals surface area contributed by atoms with Crippen LogP contribution >= 0.6 is 0 Å². The van der Waals surface area contributed by atoms with E-state index >= 15 is 0 Å². The van der Waals surface area contributed by atoms with Crippen LogP contribution < -0.4 is 5.46 Å². The summed E-state index contributed by atoms with van der Waals surface area (Å²) in [5.41, 5.74) is 4.09. The van der Waals surface area contributed by atoms with Crippen molar-refractivity contribution in [3.05, 3.63) is 64.7 Å². The van der Waals surface area contributed by atoms with Gasteiger partial charge in [0, 0.05) is 11.1 Å². The minimum atomic E-state index is -1.60. The summed E-state index contributed by atoms with van der Waals surface area (Å²) in [6.07, 6.45) is 2.97. The van der Waals surface area contributed by atoms with Crippen LogP contribution in [0.15, 0.2) is 42.5 Å². The van der Waals surface area contributed by atoms with Crippen molar-refractivity contribution in [2.24, 2.45) is 5.41 Å². The van der Waals surface area contributed by atoms with Crippen molar-refractivity contribution >= 4 is 12.6 Å². The summed E-state index contributed by atoms with van der Waals surface area (Å²) in [6.45, 7) is 13.4. The zero-order valence-corrected chi connectivity index (χ0v) is 19.3. The molecule has 3 N–H and O–H groups in total. The van der Waals surface area contributed by atoms with Crippen molar-refractivity contribution in [2.75, 3.05) is 6.61 Å². The van der Waals surface area contributed by atoms with Crippen molar-refractivity contribution in [3.8, 4) is 0 Å². The van der Waals surface area contributed by atoms with Gasteiger partial charge in [0.1, 0.15) is 0 Å². The van der Waals surface area contributed by atoms with Crippen molar-refractivity contribution < 1.29 is 19.9 Å². The highest BCUT2D eigenvalue weighted by Gasteiger charge is 2.35. The normalized spacial score (nSPS) is 15.0. The third-order valence-corrected chi connectivity index (χ3v) is 5.64. The fraction of sp³-hybridized carbons (Fsp3) is 0.520. The smallest absolute Gasteiger partial charge is 0.423 e. The van der Waals surface area contributed by atoms with Gasteiger partial charge in [-0.3, -0.25) is 0 Å². The van der Waals surface area contributed by atoms with Gasteiger partial charge < -0.3 is 19.9 Å². The topological polar surface area (TPSA) is 69.9 Å². The van der Waals surface area contributed by atoms with Crippen LogP contribution in [0.1, 0.15) is 82.1 Å². The number of aryl methyl sites for hydroxylation is 1. The van der Waals surface area contributed by atoms with E-state index in [2.05, 4.69) is 39.8 Å². The lowest BCUT2D eigenvalue weighted by Gasteiger charge is -2.32. The molecule has 0 spiro atoms. The molecule has 2 atom stereocenters. The summed E-state index contributed by atoms with van der Waals surface area (Å²) in [5.74, 6) is -1.23. The Morgan fingerprint density at radius 2 is 1.67 bits per heavy atom. The molecule has 2 aromatic carbocycles. The third-order valence-electron chi connectivity index (χ3n) is 5.64. The summed E-state index contributed by atoms with van der Waals surface area (Å²) < 4.78 is 6.01. The van der Waals surface area contributed by atoms with Crippen LogP contribution in [0.3, 0.4) is 0 Å². The predicted octanol–water partition coefficient (Wildman–Crippen LogP) is 4.22. The van der Waals surface area contributed by atoms with E-state index in [9.17, 15) is 15.2 Å². The molecule has 0 aliphatic carbocycles. The van der Waals surface area contributed by atoms with Gasteiger partial charge in [-0.1, -0.05) is 71.0 Å². The third kappa shape index (κ3) is 6.18. The zero-order valence-electron chi connectivity index (χ0n) is 19.3. The first kappa shape index (κ1) is 24.6. The van der Waals surface area contributed by atoms with Crippen molar-refractivity contribution in [2.45, 2.75) is 72.5 Å². The van der Waals surface area contributed by atoms with Crippen LogP contribution in [0.4, 0.5) is 0 Å². The molecule has 0 amide bonds. The lowest BCUT2D eigenvalue weighted by Crippen LogP contribution is -2.34. The van der Waals surface area contributed by atoms with Crippen LogP contribution in [-0.4, -0.2) is 28.9 Å². The molecule has 0 heterocycles. The van der Waals surface area contributed by atoms with Gasteiger partial charge in [0.05, 0.1) is 6.61 Å². The second-order valence-corrected chi connectivity index (χ2v) is 9.56. The average molecular weight is 412 g/mol. The lowest BCUT2D eigenvalue weighted by molar-refractivity contribution is -0.180. The van der Waals surface area contributed by atoms with E-state index < -0.39 is 12.9 Å². The first-order valence-electron chi connectivity index (χ1n) is 10.9. The van der Waals surface area contributed by atoms with Crippen molar-refractivity contribution in [3.63, 3.8) is 0 Å². The van der Waals surface area contributed by atoms with Gasteiger partial charge in [-0.15, -0.1) is 0 Å². The molecular weight excluding hydrogens is 375 g/mol. The molecule has 0 aliphatic heterocycles. The summed E-state index contributed by atoms with van der Waals surface area (Å²) in [6, 6.07) is 12.8. The molecule has 0 aromatic heterocycles. The van der Waals surface area contributed by atoms with Crippen molar-refractivity contribution in [1.29, 1.82) is 0 Å². The molecule has 2 aromatic rings. The molecule has 0 radical (unpaired) electrons. The SMILES string of the molecule is CCCOC(O)(c1ccc(B(O)O)cc1)c1cc(C(C)CCC(C)(C)C)ccc1C. The molecule has 0 saturated carbocycles. The van der Waals surface area contributed by atoms with Crippen LogP contribution in [0.2, 0.25) is 0 Å². The van der Waals surface area contributed by atoms with E-state index in [-0.39, 0.29) is 5.41 Å². The predicted molar refractivity (Wildman–Crippen MR) is 124 cm³/mol. The van der Waals surface area contributed by atoms with E-state index in [1.54, 1.807) is 24.3 Å². The Balaban J connectivity index is 2.45. The minimum Gasteiger partial charge on any atom is -0.423 e. The Morgan fingerprint density at radius 3 is 2.20 bits per heavy atom. The maximum absolute atomic E-state index is 11.7. The summed E-state index contributed by atoms with van der Waals surface area (Å²) in [7, 11) is -1.54. The van der Waals surface area contributed by atoms with Gasteiger partial charge in [0.2, 0.25) is 5.79 Å². The molecule has 164 valence electrons. The molecule has 2 unspecified atom stereocenters. The fourth-order valence-corrected chi connectivity index (χ4v) is 3.57. The van der Waals surface area contributed by atoms with Gasteiger partial charge >= 0.3 is 7.12 Å². The molecule has 4 nitrogen and oxygen atoms in total. The number of hydrogen-bond acceptors (Lipinski definition) is 4. The van der Waals surface area contributed by atoms with Gasteiger partial charge in [0.25, 0.3) is 0 Å². The Hall–Kier alpha value is -1.66. The number of rotatable bonds is 9. The number of benzene rings is 2. The molecular formula is C25H37BO4. The Kier molecular flexibility index (Phi) is 8.29. The van der Waals surface area contributed by atoms with E-state index in [0.29, 0.717) is 23.6 Å². The highest BCUT2D eigenvalue weighted by atomic mass is 16.6. The largest absolute Gasteiger partial charge is 0.488 e. The molecule has 0 aliphatic rings. The summed E-state index contributed by atoms with van der Waals surface area (Å²) >= 11 is 0. The Labute approximate surface area is 182 Å². The standard InChI is InChI=1S/C25H37BO4/c1-7-16-30-25(27,21-10-12-22(13-11-21)26(28)29)23-17-20(9-8-19(23)3)18(2)14-15-24(4,5)6/h8-13,17-18,27-29H,7,14-16H2,1-6H3. The minimum absolute atomic E-state index is 0.284. The van der Waals surface area contributed by atoms with Crippen LogP contribution in [0.5, 0.6) is 0 Å². The number of hydrogen-bond donors (Lipinski definition) is 3. The highest BCUT2D eigenvalue weighted by molar-refractivity contribution is 6.58. The van der Waals surface area contributed by atoms with Gasteiger partial charge in [-0.2, -0.15) is 0 Å². The Morgan fingerprint density at radius 1 is 1.03 bits per heavy atom. The van der Waals surface area contributed by atoms with Crippen LogP contribution in [-0.2, 0) is 10.5 Å². The maximum atomic E-state index is 11.7. The summed E-state index contributed by atoms with van der Waals surface area (Å²) in [5, 5.41) is 30.5. The molecule has 0 saturated heterocycles. The molecule has 0 bridgehead atoms. The van der Waals surface area contributed by atoms with E-state index in [1.165, 1.54) is 5.56 Å². The monoisotopic (exact) mass is 412 g/mol. The quantitative estimate of drug-likeness (QED) is 0.426. The van der Waals surface area contributed by atoms with Gasteiger partial charge in [-0.05, 0) is 60.2 Å². The summed E-state index contributed by atoms with van der Waals surface area (Å²) in [4.78, 5) is 0. The molecule has 30 heavy (non-hydrogen) atoms. The average Bonchev–Trinajstić information content (AvgIpc) is 2.70.